The van der Waals surface area contributed by atoms with E-state index in [9.17, 15) is 10.1 Å². The molecule has 0 heterocycles. The van der Waals surface area contributed by atoms with Crippen molar-refractivity contribution >= 4 is 28.3 Å². The average molecular weight is 441 g/mol. The van der Waals surface area contributed by atoms with Gasteiger partial charge in [-0.3, -0.25) is 10.1 Å². The van der Waals surface area contributed by atoms with Crippen molar-refractivity contribution in [1.29, 1.82) is 0 Å². The summed E-state index contributed by atoms with van der Waals surface area (Å²) in [6.45, 7) is 3.41. The van der Waals surface area contributed by atoms with Gasteiger partial charge in [-0.2, -0.15) is 0 Å². The molecule has 0 aromatic heterocycles. The summed E-state index contributed by atoms with van der Waals surface area (Å²) < 4.78 is 0. The maximum absolute atomic E-state index is 11.3. The van der Waals surface area contributed by atoms with Crippen LogP contribution in [0.3, 0.4) is 0 Å². The molecule has 3 aromatic carbocycles. The first-order valence-corrected chi connectivity index (χ1v) is 11.0. The molecule has 0 amide bonds. The number of allylic oxidation sites excluding steroid dienone is 3. The number of nitrogens with zero attached hydrogens (tertiary/aromatic N) is 1. The molecule has 1 unspecified atom stereocenters. The molecule has 1 atom stereocenters. The van der Waals surface area contributed by atoms with Gasteiger partial charge in [-0.1, -0.05) is 79.7 Å². The minimum Gasteiger partial charge on any atom is -0.397 e. The molecule has 4 N–H and O–H groups in total. The fourth-order valence-electron chi connectivity index (χ4n) is 4.07. The van der Waals surface area contributed by atoms with E-state index in [0.717, 1.165) is 23.2 Å². The Morgan fingerprint density at radius 2 is 1.70 bits per heavy atom. The third-order valence-corrected chi connectivity index (χ3v) is 5.91. The lowest BCUT2D eigenvalue weighted by molar-refractivity contribution is -0.384. The number of nitrogens with two attached hydrogens (primary N) is 1. The second-order valence-corrected chi connectivity index (χ2v) is 8.59. The molecule has 6 heteroatoms. The van der Waals surface area contributed by atoms with Gasteiger partial charge in [0.05, 0.1) is 16.3 Å². The number of hydrogen-bond acceptors (Lipinski definition) is 5. The number of nitro groups is 1. The van der Waals surface area contributed by atoms with Gasteiger partial charge in [-0.05, 0) is 29.7 Å². The summed E-state index contributed by atoms with van der Waals surface area (Å²) in [4.78, 5) is 11.0. The molecule has 3 aromatic rings. The number of nitrogens with one attached hydrogen (secondary N) is 2. The molecule has 168 valence electrons. The molecular formula is C27H28N4O2. The Kier molecular flexibility index (Phi) is 6.45. The standard InChI is InChI=1S/C27H28N4O2/c1-27(19-30-23-13-5-6-15-25(23)31(32)33)16-8-11-21(17-27)22-12-7-14-24(26(22)28)29-18-20-9-3-2-4-10-20/h2-15,17,29-30H,16,18-19,28H2,1H3. The highest BCUT2D eigenvalue weighted by Gasteiger charge is 2.25. The molecule has 6 nitrogen and oxygen atoms in total. The number of anilines is 3. The molecular weight excluding hydrogens is 412 g/mol. The first kappa shape index (κ1) is 22.1. The maximum atomic E-state index is 11.3. The monoisotopic (exact) mass is 440 g/mol. The highest BCUT2D eigenvalue weighted by Crippen LogP contribution is 2.38. The topological polar surface area (TPSA) is 93.2 Å². The first-order chi connectivity index (χ1) is 16.0. The quantitative estimate of drug-likeness (QED) is 0.219. The Morgan fingerprint density at radius 3 is 2.48 bits per heavy atom. The lowest BCUT2D eigenvalue weighted by Crippen LogP contribution is -2.26. The lowest BCUT2D eigenvalue weighted by Gasteiger charge is -2.30. The molecule has 33 heavy (non-hydrogen) atoms. The molecule has 0 saturated carbocycles. The largest absolute Gasteiger partial charge is 0.397 e. The third kappa shape index (κ3) is 5.23. The van der Waals surface area contributed by atoms with Crippen LogP contribution in [0.5, 0.6) is 0 Å². The Labute approximate surface area is 194 Å². The number of para-hydroxylation sites is 3. The van der Waals surface area contributed by atoms with Gasteiger partial charge in [0.25, 0.3) is 5.69 Å². The number of nitrogen functional groups attached to an aromatic ring is 1. The molecule has 0 spiro atoms. The van der Waals surface area contributed by atoms with Crippen molar-refractivity contribution in [2.75, 3.05) is 22.9 Å². The second kappa shape index (κ2) is 9.61. The predicted molar refractivity (Wildman–Crippen MR) is 136 cm³/mol. The lowest BCUT2D eigenvalue weighted by atomic mass is 9.79. The van der Waals surface area contributed by atoms with Crippen molar-refractivity contribution < 1.29 is 4.92 Å². The van der Waals surface area contributed by atoms with Gasteiger partial charge >= 0.3 is 0 Å². The molecule has 1 aliphatic rings. The Bertz CT molecular complexity index is 1200. The Morgan fingerprint density at radius 1 is 0.970 bits per heavy atom. The van der Waals surface area contributed by atoms with Gasteiger partial charge in [-0.25, -0.2) is 0 Å². The van der Waals surface area contributed by atoms with Crippen molar-refractivity contribution in [2.45, 2.75) is 19.9 Å². The summed E-state index contributed by atoms with van der Waals surface area (Å²) in [5.74, 6) is 0. The van der Waals surface area contributed by atoms with Gasteiger partial charge < -0.3 is 16.4 Å². The van der Waals surface area contributed by atoms with Gasteiger partial charge in [0.1, 0.15) is 5.69 Å². The highest BCUT2D eigenvalue weighted by molar-refractivity contribution is 5.87. The zero-order chi connectivity index (χ0) is 23.3. The Hall–Kier alpha value is -4.06. The fraction of sp³-hybridized carbons (Fsp3) is 0.185. The van der Waals surface area contributed by atoms with Crippen LogP contribution in [-0.4, -0.2) is 11.5 Å². The van der Waals surface area contributed by atoms with Crippen molar-refractivity contribution in [2.24, 2.45) is 5.41 Å². The van der Waals surface area contributed by atoms with Gasteiger partial charge in [-0.15, -0.1) is 0 Å². The van der Waals surface area contributed by atoms with Crippen LogP contribution in [0.15, 0.2) is 91.0 Å². The summed E-state index contributed by atoms with van der Waals surface area (Å²) >= 11 is 0. The van der Waals surface area contributed by atoms with Gasteiger partial charge in [0.2, 0.25) is 0 Å². The molecule has 0 aliphatic heterocycles. The summed E-state index contributed by atoms with van der Waals surface area (Å²) in [7, 11) is 0. The average Bonchev–Trinajstić information content (AvgIpc) is 2.83. The van der Waals surface area contributed by atoms with E-state index in [0.29, 0.717) is 24.5 Å². The summed E-state index contributed by atoms with van der Waals surface area (Å²) in [5, 5.41) is 18.0. The zero-order valence-electron chi connectivity index (χ0n) is 18.6. The molecule has 1 aliphatic carbocycles. The zero-order valence-corrected chi connectivity index (χ0v) is 18.6. The SMILES string of the molecule is CC1(CNc2ccccc2[N+](=O)[O-])C=C(c2cccc(NCc3ccccc3)c2N)C=CC1. The van der Waals surface area contributed by atoms with E-state index in [1.807, 2.05) is 36.4 Å². The summed E-state index contributed by atoms with van der Waals surface area (Å²) in [6, 6.07) is 23.0. The predicted octanol–water partition coefficient (Wildman–Crippen LogP) is 6.25. The van der Waals surface area contributed by atoms with Crippen LogP contribution in [0.25, 0.3) is 5.57 Å². The van der Waals surface area contributed by atoms with Gasteiger partial charge in [0, 0.05) is 30.1 Å². The number of hydrogen-bond donors (Lipinski definition) is 3. The molecule has 0 radical (unpaired) electrons. The van der Waals surface area contributed by atoms with E-state index < -0.39 is 0 Å². The van der Waals surface area contributed by atoms with E-state index >= 15 is 0 Å². The first-order valence-electron chi connectivity index (χ1n) is 11.0. The number of benzene rings is 3. The fourth-order valence-corrected chi connectivity index (χ4v) is 4.07. The normalized spacial score (nSPS) is 17.3. The molecule has 4 rings (SSSR count). The third-order valence-electron chi connectivity index (χ3n) is 5.91. The van der Waals surface area contributed by atoms with E-state index in [1.54, 1.807) is 18.2 Å². The van der Waals surface area contributed by atoms with Crippen LogP contribution in [0.4, 0.5) is 22.7 Å². The van der Waals surface area contributed by atoms with Crippen LogP contribution in [0, 0.1) is 15.5 Å². The van der Waals surface area contributed by atoms with E-state index in [4.69, 9.17) is 5.73 Å². The van der Waals surface area contributed by atoms with Crippen LogP contribution < -0.4 is 16.4 Å². The van der Waals surface area contributed by atoms with Crippen LogP contribution in [0.1, 0.15) is 24.5 Å². The summed E-state index contributed by atoms with van der Waals surface area (Å²) in [5.41, 5.74) is 11.8. The highest BCUT2D eigenvalue weighted by atomic mass is 16.6. The van der Waals surface area contributed by atoms with E-state index in [-0.39, 0.29) is 16.0 Å². The number of nitro benzene ring substituents is 1. The smallest absolute Gasteiger partial charge is 0.292 e. The van der Waals surface area contributed by atoms with Crippen molar-refractivity contribution in [3.63, 3.8) is 0 Å². The van der Waals surface area contributed by atoms with Crippen LogP contribution in [0.2, 0.25) is 0 Å². The van der Waals surface area contributed by atoms with E-state index in [2.05, 4.69) is 47.9 Å². The van der Waals surface area contributed by atoms with Crippen LogP contribution in [-0.2, 0) is 6.54 Å². The van der Waals surface area contributed by atoms with Crippen molar-refractivity contribution in [1.82, 2.24) is 0 Å². The second-order valence-electron chi connectivity index (χ2n) is 8.59. The van der Waals surface area contributed by atoms with E-state index in [1.165, 1.54) is 11.6 Å². The van der Waals surface area contributed by atoms with Crippen LogP contribution >= 0.6 is 0 Å². The molecule has 0 saturated heterocycles. The minimum absolute atomic E-state index is 0.0816. The number of rotatable bonds is 8. The Balaban J connectivity index is 1.52. The van der Waals surface area contributed by atoms with Crippen molar-refractivity contribution in [3.05, 3.63) is 112 Å². The molecule has 0 bridgehead atoms. The van der Waals surface area contributed by atoms with Gasteiger partial charge in [0.15, 0.2) is 0 Å². The minimum atomic E-state index is -0.360. The maximum Gasteiger partial charge on any atom is 0.292 e. The van der Waals surface area contributed by atoms with Crippen molar-refractivity contribution in [3.8, 4) is 0 Å². The summed E-state index contributed by atoms with van der Waals surface area (Å²) in [6.07, 6.45) is 7.27. The molecule has 0 fully saturated rings.